The van der Waals surface area contributed by atoms with E-state index in [1.54, 1.807) is 53.9 Å². The van der Waals surface area contributed by atoms with Crippen LogP contribution in [0.2, 0.25) is 0 Å². The zero-order chi connectivity index (χ0) is 30.9. The van der Waals surface area contributed by atoms with Crippen LogP contribution in [0.15, 0.2) is 88.7 Å². The smallest absolute Gasteiger partial charge is 0.318 e. The van der Waals surface area contributed by atoms with Gasteiger partial charge in [-0.05, 0) is 54.8 Å². The maximum absolute atomic E-state index is 14.8. The number of sulfonamides is 1. The molecule has 13 heteroatoms. The molecule has 1 saturated heterocycles. The maximum Gasteiger partial charge on any atom is 0.318 e. The molecule has 2 aromatic carbocycles. The third-order valence-electron chi connectivity index (χ3n) is 7.77. The molecule has 0 aliphatic carbocycles. The Hall–Kier alpha value is -4.93. The van der Waals surface area contributed by atoms with Gasteiger partial charge in [0.2, 0.25) is 0 Å². The van der Waals surface area contributed by atoms with Crippen LogP contribution in [0.5, 0.6) is 5.75 Å². The topological polar surface area (TPSA) is 136 Å². The second kappa shape index (κ2) is 11.6. The van der Waals surface area contributed by atoms with Crippen molar-refractivity contribution in [1.29, 1.82) is 5.26 Å². The zero-order valence-corrected chi connectivity index (χ0v) is 25.3. The SMILES string of the molecule is CCOc1ccccc1C1(NC(=O)N2CCN(c3ccncc3)CC2)C(=O)N(S(=O)(=O)c2ccsc2)c2ccc(C#N)cc21. The van der Waals surface area contributed by atoms with Crippen molar-refractivity contribution in [3.63, 3.8) is 0 Å². The molecule has 0 saturated carbocycles. The number of hydrogen-bond acceptors (Lipinski definition) is 9. The summed E-state index contributed by atoms with van der Waals surface area (Å²) in [6, 6.07) is 17.8. The molecule has 0 bridgehead atoms. The van der Waals surface area contributed by atoms with Gasteiger partial charge in [-0.15, -0.1) is 0 Å². The largest absolute Gasteiger partial charge is 0.493 e. The van der Waals surface area contributed by atoms with Gasteiger partial charge in [0.25, 0.3) is 15.9 Å². The van der Waals surface area contributed by atoms with E-state index in [0.717, 1.165) is 9.99 Å². The average Bonchev–Trinajstić information content (AvgIpc) is 3.69. The van der Waals surface area contributed by atoms with Crippen LogP contribution in [-0.2, 0) is 20.4 Å². The van der Waals surface area contributed by atoms with Crippen LogP contribution >= 0.6 is 11.3 Å². The quantitative estimate of drug-likeness (QED) is 0.325. The van der Waals surface area contributed by atoms with Gasteiger partial charge in [-0.1, -0.05) is 18.2 Å². The molecule has 4 aromatic rings. The normalized spacial score (nSPS) is 18.1. The number of carbonyl (C=O) groups excluding carboxylic acids is 2. The molecule has 0 radical (unpaired) electrons. The lowest BCUT2D eigenvalue weighted by Gasteiger charge is -2.38. The number of hydrogen-bond donors (Lipinski definition) is 1. The molecule has 2 aromatic heterocycles. The number of para-hydroxylation sites is 1. The zero-order valence-electron chi connectivity index (χ0n) is 23.7. The van der Waals surface area contributed by atoms with E-state index in [9.17, 15) is 23.3 Å². The molecule has 2 aliphatic heterocycles. The van der Waals surface area contributed by atoms with Crippen molar-refractivity contribution in [2.45, 2.75) is 17.4 Å². The summed E-state index contributed by atoms with van der Waals surface area (Å²) < 4.78 is 34.6. The molecule has 11 nitrogen and oxygen atoms in total. The molecule has 4 heterocycles. The minimum atomic E-state index is -4.39. The van der Waals surface area contributed by atoms with Gasteiger partial charge in [0.1, 0.15) is 5.75 Å². The standard InChI is InChI=1S/C31H28N6O5S2/c1-2-42-28-6-4-3-5-25(28)31(34-30(39)36-16-14-35(15-17-36)23-9-12-33-13-10-23)26-19-22(20-32)7-8-27(26)37(29(31)38)44(40,41)24-11-18-43-21-24/h3-13,18-19,21H,2,14-17H2,1H3,(H,34,39). The molecule has 1 fully saturated rings. The molecule has 2 aliphatic rings. The Morgan fingerprint density at radius 1 is 1.07 bits per heavy atom. The molecular formula is C31H28N6O5S2. The lowest BCUT2D eigenvalue weighted by molar-refractivity contribution is -0.121. The summed E-state index contributed by atoms with van der Waals surface area (Å²) in [6.07, 6.45) is 3.42. The minimum Gasteiger partial charge on any atom is -0.493 e. The molecule has 224 valence electrons. The number of piperazine rings is 1. The highest BCUT2D eigenvalue weighted by molar-refractivity contribution is 7.93. The van der Waals surface area contributed by atoms with Crippen LogP contribution in [-0.4, -0.2) is 63.0 Å². The number of thiophene rings is 1. The molecule has 6 rings (SSSR count). The van der Waals surface area contributed by atoms with Crippen molar-refractivity contribution in [2.75, 3.05) is 42.0 Å². The first-order valence-electron chi connectivity index (χ1n) is 13.9. The Labute approximate surface area is 259 Å². The number of aromatic nitrogens is 1. The number of anilines is 2. The van der Waals surface area contributed by atoms with Gasteiger partial charge in [-0.25, -0.2) is 13.2 Å². The maximum atomic E-state index is 14.8. The average molecular weight is 629 g/mol. The molecular weight excluding hydrogens is 601 g/mol. The second-order valence-corrected chi connectivity index (χ2v) is 12.7. The summed E-state index contributed by atoms with van der Waals surface area (Å²) in [5.41, 5.74) is -0.359. The van der Waals surface area contributed by atoms with Crippen molar-refractivity contribution in [3.05, 3.63) is 101 Å². The van der Waals surface area contributed by atoms with Crippen LogP contribution in [0.25, 0.3) is 0 Å². The number of benzene rings is 2. The first-order valence-corrected chi connectivity index (χ1v) is 16.3. The molecule has 44 heavy (non-hydrogen) atoms. The van der Waals surface area contributed by atoms with E-state index in [0.29, 0.717) is 31.9 Å². The van der Waals surface area contributed by atoms with Gasteiger partial charge in [0.15, 0.2) is 5.54 Å². The van der Waals surface area contributed by atoms with E-state index < -0.39 is 27.5 Å². The summed E-state index contributed by atoms with van der Waals surface area (Å²) >= 11 is 1.18. The Morgan fingerprint density at radius 2 is 1.82 bits per heavy atom. The molecule has 0 spiro atoms. The van der Waals surface area contributed by atoms with Crippen LogP contribution in [0.1, 0.15) is 23.6 Å². The fraction of sp³-hybridized carbons (Fsp3) is 0.226. The van der Waals surface area contributed by atoms with Crippen LogP contribution in [0.4, 0.5) is 16.2 Å². The van der Waals surface area contributed by atoms with E-state index in [2.05, 4.69) is 21.3 Å². The molecule has 1 N–H and O–H groups in total. The summed E-state index contributed by atoms with van der Waals surface area (Å²) in [5.74, 6) is -0.598. The van der Waals surface area contributed by atoms with Gasteiger partial charge in [0.05, 0.1) is 28.8 Å². The number of urea groups is 1. The Morgan fingerprint density at radius 3 is 2.50 bits per heavy atom. The van der Waals surface area contributed by atoms with Crippen molar-refractivity contribution in [2.24, 2.45) is 0 Å². The predicted octanol–water partition coefficient (Wildman–Crippen LogP) is 3.92. The van der Waals surface area contributed by atoms with E-state index in [1.165, 1.54) is 41.0 Å². The first kappa shape index (κ1) is 29.2. The van der Waals surface area contributed by atoms with Gasteiger partial charge >= 0.3 is 6.03 Å². The summed E-state index contributed by atoms with van der Waals surface area (Å²) in [4.78, 5) is 36.6. The first-order chi connectivity index (χ1) is 21.3. The third kappa shape index (κ3) is 4.82. The van der Waals surface area contributed by atoms with Gasteiger partial charge < -0.3 is 19.9 Å². The van der Waals surface area contributed by atoms with Gasteiger partial charge in [0, 0.05) is 60.8 Å². The van der Waals surface area contributed by atoms with Crippen molar-refractivity contribution >= 4 is 44.7 Å². The Balaban J connectivity index is 1.47. The minimum absolute atomic E-state index is 0.0503. The van der Waals surface area contributed by atoms with Crippen LogP contribution < -0.4 is 19.3 Å². The van der Waals surface area contributed by atoms with E-state index in [1.807, 2.05) is 12.1 Å². The number of fused-ring (bicyclic) bond motifs is 1. The highest BCUT2D eigenvalue weighted by atomic mass is 32.2. The van der Waals surface area contributed by atoms with Crippen LogP contribution in [0.3, 0.4) is 0 Å². The van der Waals surface area contributed by atoms with E-state index in [-0.39, 0.29) is 33.9 Å². The van der Waals surface area contributed by atoms with Crippen LogP contribution in [0, 0.1) is 11.3 Å². The van der Waals surface area contributed by atoms with E-state index >= 15 is 0 Å². The summed E-state index contributed by atoms with van der Waals surface area (Å²) in [7, 11) is -4.39. The molecule has 1 atom stereocenters. The fourth-order valence-corrected chi connectivity index (χ4v) is 8.15. The highest BCUT2D eigenvalue weighted by Crippen LogP contribution is 2.49. The Bertz CT molecular complexity index is 1850. The summed E-state index contributed by atoms with van der Waals surface area (Å²) in [6.45, 7) is 3.84. The van der Waals surface area contributed by atoms with Gasteiger partial charge in [-0.2, -0.15) is 20.9 Å². The third-order valence-corrected chi connectivity index (χ3v) is 10.3. The second-order valence-electron chi connectivity index (χ2n) is 10.2. The van der Waals surface area contributed by atoms with Crippen molar-refractivity contribution in [1.82, 2.24) is 15.2 Å². The predicted molar refractivity (Wildman–Crippen MR) is 165 cm³/mol. The number of pyridine rings is 1. The lowest BCUT2D eigenvalue weighted by Crippen LogP contribution is -2.60. The Kier molecular flexibility index (Phi) is 7.71. The fourth-order valence-electron chi connectivity index (χ4n) is 5.67. The van der Waals surface area contributed by atoms with Gasteiger partial charge in [-0.3, -0.25) is 9.78 Å². The van der Waals surface area contributed by atoms with Crippen molar-refractivity contribution < 1.29 is 22.7 Å². The number of amides is 3. The number of nitrogens with one attached hydrogen (secondary N) is 1. The lowest BCUT2D eigenvalue weighted by atomic mass is 9.82. The number of ether oxygens (including phenoxy) is 1. The number of rotatable bonds is 7. The van der Waals surface area contributed by atoms with Crippen molar-refractivity contribution in [3.8, 4) is 11.8 Å². The highest BCUT2D eigenvalue weighted by Gasteiger charge is 2.58. The molecule has 3 amide bonds. The number of nitriles is 1. The molecule has 1 unspecified atom stereocenters. The van der Waals surface area contributed by atoms with E-state index in [4.69, 9.17) is 4.74 Å². The number of carbonyl (C=O) groups is 2. The number of nitrogens with zero attached hydrogens (tertiary/aromatic N) is 5. The monoisotopic (exact) mass is 628 g/mol. The summed E-state index contributed by atoms with van der Waals surface area (Å²) in [5, 5.41) is 15.8.